The molecule has 1 atom stereocenters. The first-order chi connectivity index (χ1) is 39.6. The summed E-state index contributed by atoms with van der Waals surface area (Å²) >= 11 is 3.44. The molecule has 1 saturated heterocycles. The van der Waals surface area contributed by atoms with Crippen LogP contribution in [-0.4, -0.2) is 262 Å². The summed E-state index contributed by atoms with van der Waals surface area (Å²) in [4.78, 5) is 146. The lowest BCUT2D eigenvalue weighted by molar-refractivity contribution is -0.149. The smallest absolute Gasteiger partial charge is 0.328 e. The Hall–Kier alpha value is -5.84. The molecular weight excluding hydrogens is 1140 g/mol. The molecule has 26 nitrogen and oxygen atoms in total. The average molecular weight is 1240 g/mol. The molecule has 0 aromatic heterocycles. The number of nitrogens with two attached hydrogens (primary N) is 3. The topological polar surface area (TPSA) is 343 Å². The van der Waals surface area contributed by atoms with Gasteiger partial charge >= 0.3 is 11.9 Å². The molecule has 470 valence electrons. The summed E-state index contributed by atoms with van der Waals surface area (Å²) in [5.74, 6) is -6.50. The Labute approximate surface area is 498 Å². The Morgan fingerprint density at radius 2 is 1.08 bits per heavy atom. The number of carbonyl (C=O) groups excluding carboxylic acids is 9. The van der Waals surface area contributed by atoms with Gasteiger partial charge in [0.2, 0.25) is 47.3 Å². The number of nitrogens with one attached hydrogen (secondary N) is 2. The number of rotatable bonds is 45. The Morgan fingerprint density at radius 1 is 0.614 bits per heavy atom. The van der Waals surface area contributed by atoms with Gasteiger partial charge in [-0.2, -0.15) is 0 Å². The normalized spacial score (nSPS) is 12.9. The van der Waals surface area contributed by atoms with Gasteiger partial charge in [-0.15, -0.1) is 0 Å². The fraction of sp³-hybridized carbons (Fsp3) is 0.714. The van der Waals surface area contributed by atoms with Gasteiger partial charge in [0.25, 0.3) is 0 Å². The number of esters is 1. The van der Waals surface area contributed by atoms with Crippen molar-refractivity contribution in [3.8, 4) is 0 Å². The van der Waals surface area contributed by atoms with E-state index in [2.05, 4.69) is 26.6 Å². The van der Waals surface area contributed by atoms with Gasteiger partial charge in [0.1, 0.15) is 6.04 Å². The number of methoxy groups -OCH3 is 1. The van der Waals surface area contributed by atoms with E-state index in [1.807, 2.05) is 52.0 Å². The van der Waals surface area contributed by atoms with Crippen molar-refractivity contribution in [1.82, 2.24) is 44.9 Å². The second kappa shape index (κ2) is 42.0. The average Bonchev–Trinajstić information content (AvgIpc) is 3.89. The van der Waals surface area contributed by atoms with Crippen LogP contribution >= 0.6 is 15.9 Å². The molecule has 0 aliphatic carbocycles. The second-order valence-electron chi connectivity index (χ2n) is 21.1. The third kappa shape index (κ3) is 31.0. The third-order valence-corrected chi connectivity index (χ3v) is 13.9. The molecular formula is C56H95BrN12O14. The van der Waals surface area contributed by atoms with Gasteiger partial charge in [0.15, 0.2) is 0 Å². The molecule has 1 unspecified atom stereocenters. The van der Waals surface area contributed by atoms with Crippen LogP contribution < -0.4 is 27.8 Å². The monoisotopic (exact) mass is 1240 g/mol. The number of benzene rings is 1. The van der Waals surface area contributed by atoms with E-state index < -0.39 is 112 Å². The Morgan fingerprint density at radius 3 is 1.57 bits per heavy atom. The highest BCUT2D eigenvalue weighted by Gasteiger charge is 2.32. The first-order valence-corrected chi connectivity index (χ1v) is 29.7. The van der Waals surface area contributed by atoms with Crippen molar-refractivity contribution in [2.75, 3.05) is 151 Å². The number of amides is 8. The Kier molecular flexibility index (Phi) is 37.1. The number of cyclic esters (lactones) is 1. The number of aliphatic carboxylic acids is 1. The van der Waals surface area contributed by atoms with E-state index in [4.69, 9.17) is 31.4 Å². The molecule has 0 bridgehead atoms. The van der Waals surface area contributed by atoms with Crippen molar-refractivity contribution in [2.45, 2.75) is 104 Å². The Bertz CT molecular complexity index is 2180. The summed E-state index contributed by atoms with van der Waals surface area (Å²) in [6.45, 7) is 5.96. The molecule has 1 heterocycles. The van der Waals surface area contributed by atoms with Crippen LogP contribution in [0.4, 0.5) is 0 Å². The van der Waals surface area contributed by atoms with E-state index in [-0.39, 0.29) is 116 Å². The zero-order chi connectivity index (χ0) is 61.7. The molecule has 1 aromatic carbocycles. The highest BCUT2D eigenvalue weighted by Crippen LogP contribution is 2.14. The van der Waals surface area contributed by atoms with Gasteiger partial charge in [-0.3, -0.25) is 43.2 Å². The fourth-order valence-electron chi connectivity index (χ4n) is 8.46. The molecule has 9 N–H and O–H groups in total. The summed E-state index contributed by atoms with van der Waals surface area (Å²) in [6, 6.07) is 6.54. The van der Waals surface area contributed by atoms with Crippen molar-refractivity contribution in [3.05, 3.63) is 34.3 Å². The second-order valence-corrected chi connectivity index (χ2v) is 22.0. The van der Waals surface area contributed by atoms with Crippen molar-refractivity contribution in [3.63, 3.8) is 0 Å². The predicted molar refractivity (Wildman–Crippen MR) is 314 cm³/mol. The number of hydrogen-bond donors (Lipinski definition) is 6. The summed E-state index contributed by atoms with van der Waals surface area (Å²) in [6.07, 6.45) is 2.92. The van der Waals surface area contributed by atoms with E-state index in [0.29, 0.717) is 58.2 Å². The van der Waals surface area contributed by atoms with Gasteiger partial charge < -0.3 is 81.5 Å². The number of carboxylic acids is 1. The minimum Gasteiger partial charge on any atom is -0.481 e. The zero-order valence-electron chi connectivity index (χ0n) is 49.7. The Balaban J connectivity index is 2.53. The van der Waals surface area contributed by atoms with Crippen LogP contribution in [0.3, 0.4) is 0 Å². The molecule has 2 rings (SSSR count). The molecule has 1 fully saturated rings. The lowest BCUT2D eigenvalue weighted by Crippen LogP contribution is -2.53. The van der Waals surface area contributed by atoms with Crippen LogP contribution in [0.1, 0.15) is 91.0 Å². The van der Waals surface area contributed by atoms with Crippen LogP contribution in [0.25, 0.3) is 0 Å². The van der Waals surface area contributed by atoms with Gasteiger partial charge in [-0.25, -0.2) is 4.79 Å². The lowest BCUT2D eigenvalue weighted by atomic mass is 10.1. The van der Waals surface area contributed by atoms with E-state index >= 15 is 0 Å². The maximum Gasteiger partial charge on any atom is 0.328 e. The molecule has 83 heavy (non-hydrogen) atoms. The lowest BCUT2D eigenvalue weighted by Gasteiger charge is -2.32. The molecule has 8 amide bonds. The first-order valence-electron chi connectivity index (χ1n) is 28.9. The van der Waals surface area contributed by atoms with Crippen molar-refractivity contribution >= 4 is 75.1 Å². The number of halogens is 1. The van der Waals surface area contributed by atoms with Gasteiger partial charge in [0.05, 0.1) is 71.5 Å². The number of nitrogens with zero attached hydrogens (tertiary/aromatic N) is 7. The predicted octanol–water partition coefficient (Wildman–Crippen LogP) is -0.378. The third-order valence-electron chi connectivity index (χ3n) is 13.3. The minimum absolute atomic E-state index is 0.0100. The van der Waals surface area contributed by atoms with Crippen LogP contribution in [-0.2, 0) is 68.6 Å². The number of ether oxygens (including phenoxy) is 3. The quantitative estimate of drug-likeness (QED) is 0.0358. The van der Waals surface area contributed by atoms with Crippen LogP contribution in [0.5, 0.6) is 0 Å². The molecule has 1 aliphatic rings. The number of carbonyl (C=O) groups is 10. The number of carboxylic acid groups (broad SMARTS) is 1. The van der Waals surface area contributed by atoms with E-state index in [0.717, 1.165) is 14.9 Å². The summed E-state index contributed by atoms with van der Waals surface area (Å²) < 4.78 is 16.9. The van der Waals surface area contributed by atoms with E-state index in [1.165, 1.54) is 36.5 Å². The van der Waals surface area contributed by atoms with Crippen LogP contribution in [0, 0.1) is 5.92 Å². The standard InChI is InChI=1S/C56H95BrN12O14/c1-42(2)16-28-67(52(75)36-64(25-9-22-60)48(71)34-61-23-8-21-59)41-54(77)69(30-18-55(78)79)40-51(74)66(27-11-32-82-43(3)4)37-50(73)65(26-10-31-81-5)38-53(76)68(29-17-44-12-14-45(57)15-13-44)39-49(72)63(24-7-6-20-58)35-47(70)62-46-19-33-83-56(46)80/h12-15,42-43,46,61H,6-11,16-41,58-60H2,1-5H3,(H,62,70)(H,78,79). The van der Waals surface area contributed by atoms with Crippen molar-refractivity contribution < 1.29 is 67.3 Å². The van der Waals surface area contributed by atoms with Crippen molar-refractivity contribution in [2.24, 2.45) is 23.1 Å². The zero-order valence-corrected chi connectivity index (χ0v) is 51.2. The molecule has 0 spiro atoms. The van der Waals surface area contributed by atoms with E-state index in [1.54, 1.807) is 0 Å². The van der Waals surface area contributed by atoms with Crippen LogP contribution in [0.2, 0.25) is 0 Å². The maximum absolute atomic E-state index is 14.7. The molecule has 0 radical (unpaired) electrons. The summed E-state index contributed by atoms with van der Waals surface area (Å²) in [7, 11) is 1.48. The van der Waals surface area contributed by atoms with Gasteiger partial charge in [-0.05, 0) is 115 Å². The molecule has 1 aliphatic heterocycles. The highest BCUT2D eigenvalue weighted by molar-refractivity contribution is 9.10. The minimum atomic E-state index is -1.25. The van der Waals surface area contributed by atoms with Crippen molar-refractivity contribution in [1.29, 1.82) is 0 Å². The highest BCUT2D eigenvalue weighted by atomic mass is 79.9. The summed E-state index contributed by atoms with van der Waals surface area (Å²) in [5, 5.41) is 15.4. The largest absolute Gasteiger partial charge is 0.481 e. The van der Waals surface area contributed by atoms with E-state index in [9.17, 15) is 53.1 Å². The fourth-order valence-corrected chi connectivity index (χ4v) is 8.73. The number of hydrogen-bond acceptors (Lipinski definition) is 17. The molecule has 0 saturated carbocycles. The maximum atomic E-state index is 14.7. The first kappa shape index (κ1) is 73.3. The van der Waals surface area contributed by atoms with Gasteiger partial charge in [0, 0.05) is 77.0 Å². The number of unbranched alkanes of at least 4 members (excludes halogenated alkanes) is 1. The SMILES string of the molecule is COCCCN(CC(=O)N(CCc1ccc(Br)cc1)CC(=O)N(CCCCN)CC(=O)NC1CCOC1=O)C(=O)CN(CCCOC(C)C)C(=O)CN(CCC(=O)O)C(=O)CN(CCC(C)C)C(=O)CN(CCCN)C(=O)CNCCCN. The van der Waals surface area contributed by atoms with Gasteiger partial charge in [-0.1, -0.05) is 41.9 Å². The molecule has 1 aromatic rings. The van der Waals surface area contributed by atoms with Crippen LogP contribution in [0.15, 0.2) is 28.7 Å². The molecule has 27 heteroatoms. The summed E-state index contributed by atoms with van der Waals surface area (Å²) in [5.41, 5.74) is 18.0.